The van der Waals surface area contributed by atoms with Crippen molar-refractivity contribution >= 4 is 27.3 Å². The second-order valence-corrected chi connectivity index (χ2v) is 6.28. The maximum absolute atomic E-state index is 12.7. The summed E-state index contributed by atoms with van der Waals surface area (Å²) in [5.74, 6) is 0.338. The van der Waals surface area contributed by atoms with E-state index in [4.69, 9.17) is 0 Å². The fraction of sp³-hybridized carbons (Fsp3) is 0.188. The molecule has 6 nitrogen and oxygen atoms in total. The van der Waals surface area contributed by atoms with E-state index in [0.29, 0.717) is 22.5 Å². The third-order valence-corrected chi connectivity index (χ3v) is 4.88. The second kappa shape index (κ2) is 5.20. The van der Waals surface area contributed by atoms with Crippen LogP contribution in [0.1, 0.15) is 18.1 Å². The summed E-state index contributed by atoms with van der Waals surface area (Å²) in [7, 11) is 0. The number of aryl methyl sites for hydroxylation is 1. The average molecular weight is 326 g/mol. The highest BCUT2D eigenvalue weighted by Gasteiger charge is 2.15. The van der Waals surface area contributed by atoms with Gasteiger partial charge in [-0.05, 0) is 29.0 Å². The molecule has 0 saturated heterocycles. The SMILES string of the molecule is CCc1ccc(Cn2c(=O)c3sccc3n3c(=O)[nH]nc23)cc1. The highest BCUT2D eigenvalue weighted by Crippen LogP contribution is 2.17. The lowest BCUT2D eigenvalue weighted by atomic mass is 10.1. The number of aromatic nitrogens is 4. The van der Waals surface area contributed by atoms with Crippen LogP contribution in [0.5, 0.6) is 0 Å². The molecule has 23 heavy (non-hydrogen) atoms. The van der Waals surface area contributed by atoms with Crippen molar-refractivity contribution in [2.75, 3.05) is 0 Å². The molecule has 0 spiro atoms. The van der Waals surface area contributed by atoms with E-state index in [0.717, 1.165) is 12.0 Å². The summed E-state index contributed by atoms with van der Waals surface area (Å²) in [4.78, 5) is 24.8. The zero-order valence-electron chi connectivity index (χ0n) is 12.4. The molecule has 0 aliphatic heterocycles. The Morgan fingerprint density at radius 2 is 1.87 bits per heavy atom. The van der Waals surface area contributed by atoms with Crippen molar-refractivity contribution in [1.29, 1.82) is 0 Å². The average Bonchev–Trinajstić information content (AvgIpc) is 3.19. The van der Waals surface area contributed by atoms with Crippen molar-refractivity contribution in [3.05, 3.63) is 67.7 Å². The van der Waals surface area contributed by atoms with Gasteiger partial charge in [0.05, 0.1) is 12.1 Å². The Bertz CT molecular complexity index is 1120. The van der Waals surface area contributed by atoms with Gasteiger partial charge in [0.25, 0.3) is 5.56 Å². The fourth-order valence-electron chi connectivity index (χ4n) is 2.74. The molecule has 0 aliphatic carbocycles. The summed E-state index contributed by atoms with van der Waals surface area (Å²) >= 11 is 1.34. The molecule has 0 unspecified atom stereocenters. The largest absolute Gasteiger partial charge is 0.349 e. The van der Waals surface area contributed by atoms with E-state index in [1.165, 1.54) is 25.9 Å². The molecule has 0 bridgehead atoms. The Balaban J connectivity index is 1.95. The minimum Gasteiger partial charge on any atom is -0.271 e. The minimum atomic E-state index is -0.335. The van der Waals surface area contributed by atoms with Gasteiger partial charge in [0, 0.05) is 0 Å². The number of hydrogen-bond acceptors (Lipinski definition) is 4. The summed E-state index contributed by atoms with van der Waals surface area (Å²) < 4.78 is 3.55. The van der Waals surface area contributed by atoms with Gasteiger partial charge >= 0.3 is 5.69 Å². The van der Waals surface area contributed by atoms with E-state index in [9.17, 15) is 9.59 Å². The van der Waals surface area contributed by atoms with Crippen LogP contribution in [-0.4, -0.2) is 19.2 Å². The molecular formula is C16H14N4O2S. The number of nitrogens with one attached hydrogen (secondary N) is 1. The van der Waals surface area contributed by atoms with Crippen molar-refractivity contribution < 1.29 is 0 Å². The van der Waals surface area contributed by atoms with Crippen LogP contribution in [0.3, 0.4) is 0 Å². The van der Waals surface area contributed by atoms with Crippen LogP contribution in [-0.2, 0) is 13.0 Å². The zero-order valence-corrected chi connectivity index (χ0v) is 13.3. The lowest BCUT2D eigenvalue weighted by molar-refractivity contribution is 0.767. The normalized spacial score (nSPS) is 11.5. The highest BCUT2D eigenvalue weighted by molar-refractivity contribution is 7.17. The molecule has 0 fully saturated rings. The zero-order chi connectivity index (χ0) is 16.0. The number of nitrogens with zero attached hydrogens (tertiary/aromatic N) is 3. The van der Waals surface area contributed by atoms with Crippen molar-refractivity contribution in [3.63, 3.8) is 0 Å². The smallest absolute Gasteiger partial charge is 0.271 e. The standard InChI is InChI=1S/C16H14N4O2S/c1-2-10-3-5-11(6-4-10)9-19-14(21)13-12(7-8-23-13)20-15(19)17-18-16(20)22/h3-8H,2,9H2,1H3,(H,18,22). The van der Waals surface area contributed by atoms with E-state index in [-0.39, 0.29) is 11.2 Å². The van der Waals surface area contributed by atoms with Gasteiger partial charge in [0.2, 0.25) is 5.78 Å². The van der Waals surface area contributed by atoms with Crippen molar-refractivity contribution in [3.8, 4) is 0 Å². The number of thiophene rings is 1. The molecule has 4 aromatic rings. The van der Waals surface area contributed by atoms with Crippen LogP contribution in [0.4, 0.5) is 0 Å². The molecule has 0 aliphatic rings. The first-order valence-electron chi connectivity index (χ1n) is 7.34. The molecule has 116 valence electrons. The first kappa shape index (κ1) is 14.0. The predicted molar refractivity (Wildman–Crippen MR) is 90.4 cm³/mol. The third kappa shape index (κ3) is 2.12. The maximum Gasteiger partial charge on any atom is 0.349 e. The number of aromatic amines is 1. The summed E-state index contributed by atoms with van der Waals surface area (Å²) in [5.41, 5.74) is 2.39. The molecule has 3 heterocycles. The Morgan fingerprint density at radius 1 is 1.13 bits per heavy atom. The van der Waals surface area contributed by atoms with E-state index in [1.807, 2.05) is 17.5 Å². The minimum absolute atomic E-state index is 0.124. The molecule has 1 aromatic carbocycles. The van der Waals surface area contributed by atoms with Crippen molar-refractivity contribution in [2.24, 2.45) is 0 Å². The van der Waals surface area contributed by atoms with Gasteiger partial charge in [-0.15, -0.1) is 16.4 Å². The quantitative estimate of drug-likeness (QED) is 0.626. The lowest BCUT2D eigenvalue weighted by Crippen LogP contribution is -2.25. The van der Waals surface area contributed by atoms with Gasteiger partial charge < -0.3 is 0 Å². The van der Waals surface area contributed by atoms with Gasteiger partial charge in [-0.3, -0.25) is 9.36 Å². The molecule has 0 saturated carbocycles. The van der Waals surface area contributed by atoms with Gasteiger partial charge in [-0.2, -0.15) is 0 Å². The summed E-state index contributed by atoms with van der Waals surface area (Å²) in [6, 6.07) is 9.89. The molecular weight excluding hydrogens is 312 g/mol. The highest BCUT2D eigenvalue weighted by atomic mass is 32.1. The number of rotatable bonds is 3. The van der Waals surface area contributed by atoms with Crippen molar-refractivity contribution in [1.82, 2.24) is 19.2 Å². The molecule has 0 radical (unpaired) electrons. The van der Waals surface area contributed by atoms with Crippen LogP contribution in [0.15, 0.2) is 45.3 Å². The molecule has 3 aromatic heterocycles. The predicted octanol–water partition coefficient (Wildman–Crippen LogP) is 2.01. The lowest BCUT2D eigenvalue weighted by Gasteiger charge is -2.08. The topological polar surface area (TPSA) is 72.2 Å². The number of H-pyrrole nitrogens is 1. The fourth-order valence-corrected chi connectivity index (χ4v) is 3.57. The molecule has 0 amide bonds. The van der Waals surface area contributed by atoms with Crippen LogP contribution < -0.4 is 11.2 Å². The summed E-state index contributed by atoms with van der Waals surface area (Å²) in [5, 5.41) is 8.28. The van der Waals surface area contributed by atoms with Crippen LogP contribution in [0, 0.1) is 0 Å². The Morgan fingerprint density at radius 3 is 2.61 bits per heavy atom. The van der Waals surface area contributed by atoms with Crippen LogP contribution >= 0.6 is 11.3 Å². The monoisotopic (exact) mass is 326 g/mol. The second-order valence-electron chi connectivity index (χ2n) is 5.36. The Hall–Kier alpha value is -2.67. The van der Waals surface area contributed by atoms with Gasteiger partial charge in [0.15, 0.2) is 0 Å². The van der Waals surface area contributed by atoms with Gasteiger partial charge in [0.1, 0.15) is 4.70 Å². The molecule has 7 heteroatoms. The van der Waals surface area contributed by atoms with Gasteiger partial charge in [-0.25, -0.2) is 14.3 Å². The number of benzene rings is 1. The van der Waals surface area contributed by atoms with Crippen LogP contribution in [0.25, 0.3) is 16.0 Å². The van der Waals surface area contributed by atoms with Crippen molar-refractivity contribution in [2.45, 2.75) is 19.9 Å². The Labute approximate surface area is 134 Å². The molecule has 1 N–H and O–H groups in total. The Kier molecular flexibility index (Phi) is 3.16. The first-order chi connectivity index (χ1) is 11.2. The van der Waals surface area contributed by atoms with Gasteiger partial charge in [-0.1, -0.05) is 31.2 Å². The maximum atomic E-state index is 12.7. The number of fused-ring (bicyclic) bond motifs is 3. The van der Waals surface area contributed by atoms with E-state index >= 15 is 0 Å². The summed E-state index contributed by atoms with van der Waals surface area (Å²) in [6.45, 7) is 2.48. The molecule has 4 rings (SSSR count). The first-order valence-corrected chi connectivity index (χ1v) is 8.22. The van der Waals surface area contributed by atoms with E-state index in [2.05, 4.69) is 29.3 Å². The van der Waals surface area contributed by atoms with E-state index < -0.39 is 0 Å². The number of hydrogen-bond donors (Lipinski definition) is 1. The third-order valence-electron chi connectivity index (χ3n) is 3.99. The van der Waals surface area contributed by atoms with Crippen LogP contribution in [0.2, 0.25) is 0 Å². The summed E-state index contributed by atoms with van der Waals surface area (Å²) in [6.07, 6.45) is 0.973. The molecule has 0 atom stereocenters. The van der Waals surface area contributed by atoms with E-state index in [1.54, 1.807) is 6.07 Å².